The highest BCUT2D eigenvalue weighted by Crippen LogP contribution is 2.62. The van der Waals surface area contributed by atoms with Crippen LogP contribution in [0.15, 0.2) is 0 Å². The van der Waals surface area contributed by atoms with E-state index >= 15 is 0 Å². The zero-order valence-electron chi connectivity index (χ0n) is 8.82. The maximum atomic E-state index is 9.37. The summed E-state index contributed by atoms with van der Waals surface area (Å²) in [5.74, 6) is 0.946. The lowest BCUT2D eigenvalue weighted by Gasteiger charge is -2.37. The van der Waals surface area contributed by atoms with Crippen molar-refractivity contribution in [1.82, 2.24) is 0 Å². The van der Waals surface area contributed by atoms with Crippen molar-refractivity contribution in [2.75, 3.05) is 6.61 Å². The first kappa shape index (κ1) is 10.5. The van der Waals surface area contributed by atoms with Crippen LogP contribution in [-0.2, 0) is 0 Å². The molecule has 2 aliphatic rings. The Morgan fingerprint density at radius 1 is 1.33 bits per heavy atom. The van der Waals surface area contributed by atoms with Crippen molar-refractivity contribution in [2.24, 2.45) is 23.2 Å². The van der Waals surface area contributed by atoms with Crippen molar-refractivity contribution in [2.45, 2.75) is 32.1 Å². The maximum absolute atomic E-state index is 9.37. The fourth-order valence-electron chi connectivity index (χ4n) is 3.81. The largest absolute Gasteiger partial charge is 0.396 e. The molecule has 0 aromatic rings. The Labute approximate surface area is 90.3 Å². The molecule has 2 rings (SSSR count). The van der Waals surface area contributed by atoms with E-state index in [4.69, 9.17) is 10.5 Å². The van der Waals surface area contributed by atoms with Crippen LogP contribution < -0.4 is 0 Å². The SMILES string of the molecule is N#CCCC12CC(CC1C#N)CC2CO. The Balaban J connectivity index is 2.21. The molecule has 0 saturated heterocycles. The Bertz CT molecular complexity index is 327. The molecule has 2 aliphatic carbocycles. The van der Waals surface area contributed by atoms with Crippen LogP contribution in [0.25, 0.3) is 0 Å². The first-order valence-electron chi connectivity index (χ1n) is 5.64. The molecule has 0 amide bonds. The lowest BCUT2D eigenvalue weighted by atomic mass is 9.66. The standard InChI is InChI=1S/C12H16N2O/c13-3-1-2-12-6-9(4-10(12)7-14)5-11(12)8-15/h9-11,15H,1-2,4-6,8H2. The van der Waals surface area contributed by atoms with Crippen molar-refractivity contribution in [3.8, 4) is 12.1 Å². The normalized spacial score (nSPS) is 42.5. The van der Waals surface area contributed by atoms with Gasteiger partial charge in [-0.05, 0) is 42.9 Å². The van der Waals surface area contributed by atoms with Gasteiger partial charge in [0.2, 0.25) is 0 Å². The van der Waals surface area contributed by atoms with E-state index in [0.29, 0.717) is 12.3 Å². The van der Waals surface area contributed by atoms with Crippen LogP contribution in [0.5, 0.6) is 0 Å². The second-order valence-electron chi connectivity index (χ2n) is 4.99. The number of hydrogen-bond donors (Lipinski definition) is 1. The number of nitrogens with zero attached hydrogens (tertiary/aromatic N) is 2. The van der Waals surface area contributed by atoms with Gasteiger partial charge in [0.1, 0.15) is 0 Å². The first-order valence-corrected chi connectivity index (χ1v) is 5.64. The molecule has 0 radical (unpaired) electrons. The second kappa shape index (κ2) is 3.83. The van der Waals surface area contributed by atoms with Crippen LogP contribution >= 0.6 is 0 Å². The van der Waals surface area contributed by atoms with E-state index in [-0.39, 0.29) is 23.9 Å². The van der Waals surface area contributed by atoms with Gasteiger partial charge in [-0.3, -0.25) is 0 Å². The molecule has 0 aliphatic heterocycles. The predicted molar refractivity (Wildman–Crippen MR) is 54.3 cm³/mol. The van der Waals surface area contributed by atoms with E-state index in [1.807, 2.05) is 0 Å². The van der Waals surface area contributed by atoms with Crippen molar-refractivity contribution < 1.29 is 5.11 Å². The lowest BCUT2D eigenvalue weighted by molar-refractivity contribution is 0.0690. The molecule has 3 nitrogen and oxygen atoms in total. The summed E-state index contributed by atoms with van der Waals surface area (Å²) in [7, 11) is 0. The van der Waals surface area contributed by atoms with Gasteiger partial charge in [-0.1, -0.05) is 0 Å². The highest BCUT2D eigenvalue weighted by Gasteiger charge is 2.57. The Hall–Kier alpha value is -1.06. The van der Waals surface area contributed by atoms with E-state index in [1.165, 1.54) is 0 Å². The number of nitriles is 2. The van der Waals surface area contributed by atoms with Gasteiger partial charge in [-0.15, -0.1) is 0 Å². The van der Waals surface area contributed by atoms with Crippen LogP contribution in [0.3, 0.4) is 0 Å². The van der Waals surface area contributed by atoms with E-state index in [9.17, 15) is 5.11 Å². The van der Waals surface area contributed by atoms with Gasteiger partial charge < -0.3 is 5.11 Å². The van der Waals surface area contributed by atoms with Crippen molar-refractivity contribution in [3.05, 3.63) is 0 Å². The Morgan fingerprint density at radius 2 is 2.13 bits per heavy atom. The summed E-state index contributed by atoms with van der Waals surface area (Å²) < 4.78 is 0. The van der Waals surface area contributed by atoms with Gasteiger partial charge in [-0.25, -0.2) is 0 Å². The number of aliphatic hydroxyl groups excluding tert-OH is 1. The Morgan fingerprint density at radius 3 is 2.73 bits per heavy atom. The van der Waals surface area contributed by atoms with Gasteiger partial charge in [0.25, 0.3) is 0 Å². The molecule has 4 unspecified atom stereocenters. The minimum Gasteiger partial charge on any atom is -0.396 e. The number of fused-ring (bicyclic) bond motifs is 2. The van der Waals surface area contributed by atoms with E-state index in [2.05, 4.69) is 12.1 Å². The minimum absolute atomic E-state index is 0.0378. The summed E-state index contributed by atoms with van der Waals surface area (Å²) in [6, 6.07) is 4.56. The molecule has 2 fully saturated rings. The minimum atomic E-state index is -0.0378. The third kappa shape index (κ3) is 1.43. The first-order chi connectivity index (χ1) is 7.26. The average Bonchev–Trinajstić information content (AvgIpc) is 2.79. The molecule has 2 saturated carbocycles. The van der Waals surface area contributed by atoms with Gasteiger partial charge in [0.05, 0.1) is 18.1 Å². The maximum Gasteiger partial charge on any atom is 0.0661 e. The van der Waals surface area contributed by atoms with Crippen molar-refractivity contribution in [1.29, 1.82) is 10.5 Å². The molecule has 0 aromatic carbocycles. The molecule has 15 heavy (non-hydrogen) atoms. The second-order valence-corrected chi connectivity index (χ2v) is 4.99. The van der Waals surface area contributed by atoms with Gasteiger partial charge in [-0.2, -0.15) is 10.5 Å². The molecule has 80 valence electrons. The monoisotopic (exact) mass is 204 g/mol. The molecule has 3 heteroatoms. The molecule has 1 N–H and O–H groups in total. The summed E-state index contributed by atoms with van der Waals surface area (Å²) in [5.41, 5.74) is -0.0378. The smallest absolute Gasteiger partial charge is 0.0661 e. The average molecular weight is 204 g/mol. The summed E-state index contributed by atoms with van der Waals surface area (Å²) >= 11 is 0. The van der Waals surface area contributed by atoms with Gasteiger partial charge in [0.15, 0.2) is 0 Å². The Kier molecular flexibility index (Phi) is 2.67. The number of rotatable bonds is 3. The van der Waals surface area contributed by atoms with Gasteiger partial charge >= 0.3 is 0 Å². The molecule has 2 bridgehead atoms. The molecule has 0 spiro atoms. The van der Waals surface area contributed by atoms with E-state index < -0.39 is 0 Å². The molecular weight excluding hydrogens is 188 g/mol. The fourth-order valence-corrected chi connectivity index (χ4v) is 3.81. The summed E-state index contributed by atoms with van der Waals surface area (Å²) in [4.78, 5) is 0. The van der Waals surface area contributed by atoms with Crippen LogP contribution in [0, 0.1) is 45.8 Å². The molecular formula is C12H16N2O. The van der Waals surface area contributed by atoms with E-state index in [1.54, 1.807) is 0 Å². The zero-order valence-corrected chi connectivity index (χ0v) is 8.82. The quantitative estimate of drug-likeness (QED) is 0.762. The van der Waals surface area contributed by atoms with Crippen LogP contribution in [0.1, 0.15) is 32.1 Å². The number of aliphatic hydroxyl groups is 1. The van der Waals surface area contributed by atoms with Crippen LogP contribution in [-0.4, -0.2) is 11.7 Å². The summed E-state index contributed by atoms with van der Waals surface area (Å²) in [5, 5.41) is 27.2. The van der Waals surface area contributed by atoms with Crippen LogP contribution in [0.2, 0.25) is 0 Å². The highest BCUT2D eigenvalue weighted by molar-refractivity contribution is 5.12. The summed E-state index contributed by atoms with van der Waals surface area (Å²) in [6.07, 6.45) is 4.40. The molecule has 0 aromatic heterocycles. The lowest BCUT2D eigenvalue weighted by Crippen LogP contribution is -2.35. The summed E-state index contributed by atoms with van der Waals surface area (Å²) in [6.45, 7) is 0.181. The van der Waals surface area contributed by atoms with Gasteiger partial charge in [0, 0.05) is 13.0 Å². The van der Waals surface area contributed by atoms with Crippen LogP contribution in [0.4, 0.5) is 0 Å². The topological polar surface area (TPSA) is 67.8 Å². The van der Waals surface area contributed by atoms with E-state index in [0.717, 1.165) is 25.7 Å². The molecule has 4 atom stereocenters. The predicted octanol–water partition coefficient (Wildman–Crippen LogP) is 1.84. The van der Waals surface area contributed by atoms with Crippen molar-refractivity contribution >= 4 is 0 Å². The fraction of sp³-hybridized carbons (Fsp3) is 0.833. The van der Waals surface area contributed by atoms with Crippen molar-refractivity contribution in [3.63, 3.8) is 0 Å². The highest BCUT2D eigenvalue weighted by atomic mass is 16.3. The third-order valence-corrected chi connectivity index (χ3v) is 4.44. The number of hydrogen-bond acceptors (Lipinski definition) is 3. The third-order valence-electron chi connectivity index (χ3n) is 4.44. The zero-order chi connectivity index (χ0) is 10.9. The molecule has 0 heterocycles.